The van der Waals surface area contributed by atoms with Gasteiger partial charge < -0.3 is 9.84 Å². The van der Waals surface area contributed by atoms with Crippen molar-refractivity contribution in [1.82, 2.24) is 4.90 Å². The number of hydrogen-bond donors (Lipinski definition) is 1. The molecular weight excluding hydrogens is 258 g/mol. The number of methoxy groups -OCH3 is 1. The Hall–Kier alpha value is -0.680. The lowest BCUT2D eigenvalue weighted by Crippen LogP contribution is -2.33. The van der Waals surface area contributed by atoms with Crippen molar-refractivity contribution in [3.05, 3.63) is 35.0 Å². The fraction of sp³-hybridized carbons (Fsp3) is 0.600. The van der Waals surface area contributed by atoms with Crippen molar-refractivity contribution in [3.8, 4) is 0 Å². The van der Waals surface area contributed by atoms with E-state index in [2.05, 4.69) is 28.3 Å². The quantitative estimate of drug-likeness (QED) is 0.501. The second-order valence-corrected chi connectivity index (χ2v) is 5.51. The molecule has 0 aliphatic carbocycles. The van der Waals surface area contributed by atoms with Crippen LogP contribution in [0.25, 0.3) is 0 Å². The minimum atomic E-state index is -0.279. The normalized spacial score (nSPS) is 12.8. The Morgan fingerprint density at radius 1 is 1.58 bits per heavy atom. The summed E-state index contributed by atoms with van der Waals surface area (Å²) in [6.45, 7) is 7.03. The lowest BCUT2D eigenvalue weighted by atomic mass is 10.1. The van der Waals surface area contributed by atoms with E-state index in [-0.39, 0.29) is 6.10 Å². The van der Waals surface area contributed by atoms with Crippen molar-refractivity contribution in [2.24, 2.45) is 0 Å². The van der Waals surface area contributed by atoms with Crippen molar-refractivity contribution in [2.45, 2.75) is 31.9 Å². The van der Waals surface area contributed by atoms with Gasteiger partial charge in [0.2, 0.25) is 0 Å². The van der Waals surface area contributed by atoms with Crippen LogP contribution in [0.2, 0.25) is 0 Å². The zero-order chi connectivity index (χ0) is 13.9. The van der Waals surface area contributed by atoms with Crippen molar-refractivity contribution in [1.29, 1.82) is 0 Å². The van der Waals surface area contributed by atoms with Crippen LogP contribution < -0.4 is 0 Å². The molecule has 0 fully saturated rings. The van der Waals surface area contributed by atoms with Crippen LogP contribution in [0, 0.1) is 0 Å². The molecule has 19 heavy (non-hydrogen) atoms. The maximum Gasteiger partial charge on any atom is 0.0670 e. The highest BCUT2D eigenvalue weighted by Crippen LogP contribution is 2.11. The van der Waals surface area contributed by atoms with Gasteiger partial charge in [-0.3, -0.25) is 4.90 Å². The van der Waals surface area contributed by atoms with Gasteiger partial charge in [-0.2, -0.15) is 11.3 Å². The zero-order valence-corrected chi connectivity index (χ0v) is 12.6. The Morgan fingerprint density at radius 3 is 3.05 bits per heavy atom. The molecule has 0 radical (unpaired) electrons. The molecule has 0 spiro atoms. The average molecular weight is 283 g/mol. The highest BCUT2D eigenvalue weighted by atomic mass is 32.1. The minimum absolute atomic E-state index is 0.279. The fourth-order valence-corrected chi connectivity index (χ4v) is 2.67. The van der Waals surface area contributed by atoms with Gasteiger partial charge in [0.15, 0.2) is 0 Å². The number of aliphatic hydroxyl groups is 1. The summed E-state index contributed by atoms with van der Waals surface area (Å²) in [6, 6.07) is 2.14. The van der Waals surface area contributed by atoms with Gasteiger partial charge in [0.05, 0.1) is 6.10 Å². The maximum atomic E-state index is 10.0. The summed E-state index contributed by atoms with van der Waals surface area (Å²) in [6.07, 6.45) is 4.23. The number of rotatable bonds is 11. The molecule has 0 aliphatic rings. The molecule has 3 nitrogen and oxygen atoms in total. The first-order valence-corrected chi connectivity index (χ1v) is 7.72. The zero-order valence-electron chi connectivity index (χ0n) is 11.8. The van der Waals surface area contributed by atoms with Gasteiger partial charge in [0.25, 0.3) is 0 Å². The van der Waals surface area contributed by atoms with Crippen LogP contribution in [0.1, 0.15) is 24.8 Å². The largest absolute Gasteiger partial charge is 0.392 e. The van der Waals surface area contributed by atoms with Crippen LogP contribution in [0.15, 0.2) is 29.5 Å². The predicted molar refractivity (Wildman–Crippen MR) is 81.5 cm³/mol. The molecule has 4 heteroatoms. The predicted octanol–water partition coefficient (Wildman–Crippen LogP) is 2.91. The van der Waals surface area contributed by atoms with Crippen LogP contribution in [0.3, 0.4) is 0 Å². The lowest BCUT2D eigenvalue weighted by Gasteiger charge is -2.24. The van der Waals surface area contributed by atoms with Gasteiger partial charge >= 0.3 is 0 Å². The van der Waals surface area contributed by atoms with E-state index in [1.54, 1.807) is 18.4 Å². The van der Waals surface area contributed by atoms with Crippen LogP contribution in [-0.4, -0.2) is 42.9 Å². The summed E-state index contributed by atoms with van der Waals surface area (Å²) in [5.41, 5.74) is 1.32. The third-order valence-electron chi connectivity index (χ3n) is 2.98. The van der Waals surface area contributed by atoms with Crippen molar-refractivity contribution < 1.29 is 9.84 Å². The Labute approximate surface area is 120 Å². The Morgan fingerprint density at radius 2 is 2.42 bits per heavy atom. The molecule has 1 aromatic rings. The average Bonchev–Trinajstić information content (AvgIpc) is 2.89. The third kappa shape index (κ3) is 7.47. The maximum absolute atomic E-state index is 10.0. The summed E-state index contributed by atoms with van der Waals surface area (Å²) >= 11 is 1.72. The van der Waals surface area contributed by atoms with E-state index in [1.165, 1.54) is 5.56 Å². The van der Waals surface area contributed by atoms with E-state index in [0.717, 1.165) is 39.0 Å². The number of nitrogens with zero attached hydrogens (tertiary/aromatic N) is 1. The van der Waals surface area contributed by atoms with Crippen LogP contribution in [-0.2, 0) is 11.3 Å². The van der Waals surface area contributed by atoms with E-state index in [1.807, 2.05) is 6.08 Å². The van der Waals surface area contributed by atoms with E-state index < -0.39 is 0 Å². The third-order valence-corrected chi connectivity index (χ3v) is 3.71. The standard InChI is InChI=1S/C15H25NO2S/c1-3-4-6-15(17)12-16(8-5-9-18-2)11-14-7-10-19-13-14/h3,7,10,13,15,17H,1,4-6,8-9,11-12H2,2H3/t15-/m1/s1. The SMILES string of the molecule is C=CCC[C@@H](O)CN(CCCOC)Cc1ccsc1. The summed E-state index contributed by atoms with van der Waals surface area (Å²) in [5.74, 6) is 0. The molecule has 0 aliphatic heterocycles. The molecule has 1 heterocycles. The van der Waals surface area contributed by atoms with Crippen molar-refractivity contribution in [2.75, 3.05) is 26.8 Å². The van der Waals surface area contributed by atoms with Crippen molar-refractivity contribution >= 4 is 11.3 Å². The van der Waals surface area contributed by atoms with Crippen LogP contribution in [0.4, 0.5) is 0 Å². The molecule has 1 aromatic heterocycles. The molecular formula is C15H25NO2S. The van der Waals surface area contributed by atoms with E-state index in [4.69, 9.17) is 4.74 Å². The van der Waals surface area contributed by atoms with Gasteiger partial charge in [-0.05, 0) is 41.7 Å². The van der Waals surface area contributed by atoms with Crippen LogP contribution >= 0.6 is 11.3 Å². The molecule has 1 N–H and O–H groups in total. The number of allylic oxidation sites excluding steroid dienone is 1. The molecule has 0 saturated heterocycles. The lowest BCUT2D eigenvalue weighted by molar-refractivity contribution is 0.0942. The molecule has 0 aromatic carbocycles. The Bertz CT molecular complexity index is 327. The topological polar surface area (TPSA) is 32.7 Å². The van der Waals surface area contributed by atoms with Crippen LogP contribution in [0.5, 0.6) is 0 Å². The highest BCUT2D eigenvalue weighted by Gasteiger charge is 2.12. The van der Waals surface area contributed by atoms with E-state index in [9.17, 15) is 5.11 Å². The second kappa shape index (κ2) is 10.1. The monoisotopic (exact) mass is 283 g/mol. The molecule has 1 atom stereocenters. The summed E-state index contributed by atoms with van der Waals surface area (Å²) in [4.78, 5) is 2.30. The molecule has 0 bridgehead atoms. The van der Waals surface area contributed by atoms with E-state index in [0.29, 0.717) is 6.54 Å². The van der Waals surface area contributed by atoms with Gasteiger partial charge in [-0.15, -0.1) is 6.58 Å². The molecule has 0 unspecified atom stereocenters. The second-order valence-electron chi connectivity index (χ2n) is 4.73. The number of ether oxygens (including phenoxy) is 1. The molecule has 0 amide bonds. The van der Waals surface area contributed by atoms with Gasteiger partial charge in [0, 0.05) is 33.4 Å². The van der Waals surface area contributed by atoms with Gasteiger partial charge in [-0.1, -0.05) is 6.08 Å². The number of hydrogen-bond acceptors (Lipinski definition) is 4. The van der Waals surface area contributed by atoms with Crippen molar-refractivity contribution in [3.63, 3.8) is 0 Å². The summed E-state index contributed by atoms with van der Waals surface area (Å²) in [5, 5.41) is 14.3. The van der Waals surface area contributed by atoms with E-state index >= 15 is 0 Å². The minimum Gasteiger partial charge on any atom is -0.392 e. The van der Waals surface area contributed by atoms with Gasteiger partial charge in [0.1, 0.15) is 0 Å². The summed E-state index contributed by atoms with van der Waals surface area (Å²) in [7, 11) is 1.72. The Balaban J connectivity index is 2.40. The number of thiophene rings is 1. The first-order valence-electron chi connectivity index (χ1n) is 6.77. The molecule has 0 saturated carbocycles. The molecule has 1 rings (SSSR count). The first kappa shape index (κ1) is 16.4. The smallest absolute Gasteiger partial charge is 0.0670 e. The summed E-state index contributed by atoms with van der Waals surface area (Å²) < 4.78 is 5.10. The van der Waals surface area contributed by atoms with Gasteiger partial charge in [-0.25, -0.2) is 0 Å². The molecule has 108 valence electrons. The fourth-order valence-electron chi connectivity index (χ4n) is 2.01. The first-order chi connectivity index (χ1) is 9.26. The number of aliphatic hydroxyl groups excluding tert-OH is 1. The Kier molecular flexibility index (Phi) is 8.75. The highest BCUT2D eigenvalue weighted by molar-refractivity contribution is 7.07.